The summed E-state index contributed by atoms with van der Waals surface area (Å²) in [6, 6.07) is 0. The third-order valence-corrected chi connectivity index (χ3v) is 5.56. The predicted octanol–water partition coefficient (Wildman–Crippen LogP) is 2.96. The zero-order valence-corrected chi connectivity index (χ0v) is 10.4. The summed E-state index contributed by atoms with van der Waals surface area (Å²) in [4.78, 5) is 23.4. The smallest absolute Gasteiger partial charge is 0.228 e. The highest BCUT2D eigenvalue weighted by Gasteiger charge is 2.62. The van der Waals surface area contributed by atoms with Gasteiger partial charge in [-0.3, -0.25) is 9.59 Å². The maximum absolute atomic E-state index is 11.8. The fraction of sp³-hybridized carbons (Fsp3) is 0.833. The highest BCUT2D eigenvalue weighted by Crippen LogP contribution is 2.64. The van der Waals surface area contributed by atoms with Gasteiger partial charge in [-0.2, -0.15) is 0 Å². The van der Waals surface area contributed by atoms with E-state index in [1.807, 2.05) is 0 Å². The number of carbonyl (C=O) groups is 2. The van der Waals surface area contributed by atoms with Gasteiger partial charge in [-0.1, -0.05) is 0 Å². The van der Waals surface area contributed by atoms with Crippen molar-refractivity contribution in [2.45, 2.75) is 32.1 Å². The Balaban J connectivity index is 2.05. The summed E-state index contributed by atoms with van der Waals surface area (Å²) >= 11 is 11.5. The zero-order chi connectivity index (χ0) is 11.5. The molecule has 4 heteroatoms. The molecule has 16 heavy (non-hydrogen) atoms. The number of carbonyl (C=O) groups excluding carboxylic acids is 2. The topological polar surface area (TPSA) is 34.1 Å². The Morgan fingerprint density at radius 1 is 1.00 bits per heavy atom. The number of rotatable bonds is 2. The first-order chi connectivity index (χ1) is 7.53. The maximum Gasteiger partial charge on any atom is 0.228 e. The normalized spacial score (nSPS) is 49.4. The van der Waals surface area contributed by atoms with Gasteiger partial charge in [0.2, 0.25) is 10.5 Å². The van der Waals surface area contributed by atoms with Gasteiger partial charge in [-0.25, -0.2) is 0 Å². The van der Waals surface area contributed by atoms with E-state index < -0.39 is 5.41 Å². The van der Waals surface area contributed by atoms with Crippen molar-refractivity contribution in [3.8, 4) is 0 Å². The van der Waals surface area contributed by atoms with Gasteiger partial charge in [-0.15, -0.1) is 0 Å². The van der Waals surface area contributed by atoms with Crippen LogP contribution in [0.5, 0.6) is 0 Å². The van der Waals surface area contributed by atoms with Crippen molar-refractivity contribution in [2.24, 2.45) is 29.1 Å². The monoisotopic (exact) mass is 260 g/mol. The van der Waals surface area contributed by atoms with Gasteiger partial charge in [0, 0.05) is 5.92 Å². The Bertz CT molecular complexity index is 352. The first-order valence-electron chi connectivity index (χ1n) is 5.92. The molecule has 0 saturated heterocycles. The Labute approximate surface area is 105 Å². The van der Waals surface area contributed by atoms with Crippen molar-refractivity contribution in [2.75, 3.05) is 0 Å². The van der Waals surface area contributed by atoms with E-state index in [0.717, 1.165) is 25.7 Å². The maximum atomic E-state index is 11.8. The molecule has 4 bridgehead atoms. The minimum Gasteiger partial charge on any atom is -0.281 e. The average molecular weight is 261 g/mol. The fourth-order valence-electron chi connectivity index (χ4n) is 4.73. The molecule has 0 heterocycles. The standard InChI is InChI=1S/C12H14Cl2O2/c13-10(15)9-8-2-6-1-7(3-8)5-12(9,4-6)11(14)16/h6-9H,1-5H2. The van der Waals surface area contributed by atoms with Crippen molar-refractivity contribution in [1.82, 2.24) is 0 Å². The fourth-order valence-corrected chi connectivity index (χ4v) is 5.38. The van der Waals surface area contributed by atoms with Gasteiger partial charge >= 0.3 is 0 Å². The van der Waals surface area contributed by atoms with E-state index in [1.54, 1.807) is 0 Å². The molecule has 3 unspecified atom stereocenters. The molecule has 4 aliphatic rings. The van der Waals surface area contributed by atoms with Crippen LogP contribution in [-0.2, 0) is 9.59 Å². The molecule has 4 rings (SSSR count). The SMILES string of the molecule is O=C(Cl)C1C2CC3CC(C2)CC1(C(=O)Cl)C3. The van der Waals surface area contributed by atoms with E-state index in [4.69, 9.17) is 23.2 Å². The van der Waals surface area contributed by atoms with Crippen molar-refractivity contribution >= 4 is 33.7 Å². The van der Waals surface area contributed by atoms with Crippen LogP contribution in [0.1, 0.15) is 32.1 Å². The van der Waals surface area contributed by atoms with Crippen molar-refractivity contribution in [1.29, 1.82) is 0 Å². The molecular formula is C12H14Cl2O2. The lowest BCUT2D eigenvalue weighted by molar-refractivity contribution is -0.156. The molecule has 88 valence electrons. The van der Waals surface area contributed by atoms with Crippen LogP contribution in [0.15, 0.2) is 0 Å². The molecule has 0 radical (unpaired) electrons. The van der Waals surface area contributed by atoms with Crippen LogP contribution in [0.2, 0.25) is 0 Å². The molecule has 4 saturated carbocycles. The summed E-state index contributed by atoms with van der Waals surface area (Å²) in [5, 5.41) is -0.677. The Hall–Kier alpha value is -0.0800. The molecule has 0 amide bonds. The van der Waals surface area contributed by atoms with E-state index in [-0.39, 0.29) is 16.4 Å². The van der Waals surface area contributed by atoms with Gasteiger partial charge in [0.05, 0.1) is 5.41 Å². The third kappa shape index (κ3) is 1.32. The molecule has 0 aromatic heterocycles. The number of hydrogen-bond acceptors (Lipinski definition) is 2. The first-order valence-corrected chi connectivity index (χ1v) is 6.68. The Kier molecular flexibility index (Phi) is 2.38. The van der Waals surface area contributed by atoms with Crippen molar-refractivity contribution < 1.29 is 9.59 Å². The van der Waals surface area contributed by atoms with E-state index >= 15 is 0 Å². The summed E-state index contributed by atoms with van der Waals surface area (Å²) in [5.74, 6) is 1.17. The molecule has 3 atom stereocenters. The van der Waals surface area contributed by atoms with E-state index in [1.165, 1.54) is 6.42 Å². The van der Waals surface area contributed by atoms with Crippen LogP contribution >= 0.6 is 23.2 Å². The molecule has 0 aromatic carbocycles. The van der Waals surface area contributed by atoms with Gasteiger partial charge in [0.15, 0.2) is 0 Å². The third-order valence-electron chi connectivity index (χ3n) is 4.95. The first kappa shape index (κ1) is 11.0. The Morgan fingerprint density at radius 2 is 1.56 bits per heavy atom. The largest absolute Gasteiger partial charge is 0.281 e. The molecule has 4 aliphatic carbocycles. The van der Waals surface area contributed by atoms with Crippen molar-refractivity contribution in [3.05, 3.63) is 0 Å². The lowest BCUT2D eigenvalue weighted by atomic mass is 9.45. The minimum absolute atomic E-state index is 0.305. The summed E-state index contributed by atoms with van der Waals surface area (Å²) in [5.41, 5.74) is -0.616. The summed E-state index contributed by atoms with van der Waals surface area (Å²) in [6.45, 7) is 0. The predicted molar refractivity (Wildman–Crippen MR) is 61.2 cm³/mol. The molecule has 2 nitrogen and oxygen atoms in total. The second-order valence-electron chi connectivity index (χ2n) is 5.82. The van der Waals surface area contributed by atoms with E-state index in [0.29, 0.717) is 17.8 Å². The second-order valence-corrected chi connectivity index (χ2v) is 6.53. The van der Waals surface area contributed by atoms with Crippen LogP contribution in [0.4, 0.5) is 0 Å². The van der Waals surface area contributed by atoms with Crippen LogP contribution in [0.25, 0.3) is 0 Å². The lowest BCUT2D eigenvalue weighted by Gasteiger charge is -2.58. The van der Waals surface area contributed by atoms with Gasteiger partial charge < -0.3 is 0 Å². The minimum atomic E-state index is -0.616. The van der Waals surface area contributed by atoms with Gasteiger partial charge in [0.25, 0.3) is 0 Å². The quantitative estimate of drug-likeness (QED) is 0.716. The highest BCUT2D eigenvalue weighted by molar-refractivity contribution is 6.67. The van der Waals surface area contributed by atoms with Crippen LogP contribution < -0.4 is 0 Å². The van der Waals surface area contributed by atoms with Crippen molar-refractivity contribution in [3.63, 3.8) is 0 Å². The van der Waals surface area contributed by atoms with Crippen LogP contribution in [-0.4, -0.2) is 10.5 Å². The summed E-state index contributed by atoms with van der Waals surface area (Å²) < 4.78 is 0. The number of hydrogen-bond donors (Lipinski definition) is 0. The lowest BCUT2D eigenvalue weighted by Crippen LogP contribution is -2.57. The van der Waals surface area contributed by atoms with Crippen LogP contribution in [0.3, 0.4) is 0 Å². The molecule has 0 aromatic rings. The average Bonchev–Trinajstić information content (AvgIpc) is 2.14. The summed E-state index contributed by atoms with van der Waals surface area (Å²) in [7, 11) is 0. The summed E-state index contributed by atoms with van der Waals surface area (Å²) in [6.07, 6.45) is 4.90. The van der Waals surface area contributed by atoms with E-state index in [9.17, 15) is 9.59 Å². The van der Waals surface area contributed by atoms with Crippen LogP contribution in [0, 0.1) is 29.1 Å². The molecule has 0 N–H and O–H groups in total. The highest BCUT2D eigenvalue weighted by atomic mass is 35.5. The molecule has 0 aliphatic heterocycles. The molecule has 0 spiro atoms. The molecule has 4 fully saturated rings. The zero-order valence-electron chi connectivity index (χ0n) is 8.92. The molecular weight excluding hydrogens is 247 g/mol. The van der Waals surface area contributed by atoms with E-state index in [2.05, 4.69) is 0 Å². The second kappa shape index (κ2) is 3.46. The Morgan fingerprint density at radius 3 is 2.00 bits per heavy atom. The van der Waals surface area contributed by atoms with Gasteiger partial charge in [-0.05, 0) is 73.1 Å². The number of halogens is 2. The van der Waals surface area contributed by atoms with Gasteiger partial charge in [0.1, 0.15) is 0 Å².